The lowest BCUT2D eigenvalue weighted by molar-refractivity contribution is 0.375. The monoisotopic (exact) mass is 253 g/mol. The van der Waals surface area contributed by atoms with Crippen molar-refractivity contribution in [3.8, 4) is 0 Å². The Morgan fingerprint density at radius 1 is 1.07 bits per heavy atom. The van der Waals surface area contributed by atoms with Crippen LogP contribution < -0.4 is 0 Å². The first-order valence-corrected chi connectivity index (χ1v) is 9.57. The third-order valence-corrected chi connectivity index (χ3v) is 4.99. The van der Waals surface area contributed by atoms with Crippen LogP contribution in [0, 0.1) is 11.8 Å². The minimum Gasteiger partial charge on any atom is -0.268 e. The summed E-state index contributed by atoms with van der Waals surface area (Å²) in [6.45, 7) is 10.8. The first kappa shape index (κ1) is 15.5. The SMILES string of the molecule is CC(C)CCN(CCC(C)C)[SH](C)(=O)P. The predicted molar refractivity (Wildman–Crippen MR) is 75.7 cm³/mol. The molecule has 0 fully saturated rings. The van der Waals surface area contributed by atoms with Gasteiger partial charge in [0.1, 0.15) is 0 Å². The highest BCUT2D eigenvalue weighted by Crippen LogP contribution is 2.19. The normalized spacial score (nSPS) is 14.2. The van der Waals surface area contributed by atoms with E-state index in [2.05, 4.69) is 40.4 Å². The van der Waals surface area contributed by atoms with E-state index < -0.39 is 9.74 Å². The van der Waals surface area contributed by atoms with E-state index in [1.165, 1.54) is 0 Å². The Kier molecular flexibility index (Phi) is 7.23. The van der Waals surface area contributed by atoms with Crippen molar-refractivity contribution in [2.45, 2.75) is 40.5 Å². The van der Waals surface area contributed by atoms with E-state index in [1.807, 2.05) is 6.26 Å². The lowest BCUT2D eigenvalue weighted by Crippen LogP contribution is -2.34. The molecule has 0 aliphatic carbocycles. The quantitative estimate of drug-likeness (QED) is 0.546. The van der Waals surface area contributed by atoms with Gasteiger partial charge in [0.15, 0.2) is 0 Å². The molecule has 0 heterocycles. The second-order valence-electron chi connectivity index (χ2n) is 5.26. The van der Waals surface area contributed by atoms with Crippen LogP contribution in [0.5, 0.6) is 0 Å². The van der Waals surface area contributed by atoms with Crippen LogP contribution in [0.15, 0.2) is 0 Å². The van der Waals surface area contributed by atoms with Crippen LogP contribution in [0.3, 0.4) is 0 Å². The van der Waals surface area contributed by atoms with Crippen molar-refractivity contribution in [3.63, 3.8) is 0 Å². The Balaban J connectivity index is 4.14. The molecule has 1 unspecified atom stereocenters. The summed E-state index contributed by atoms with van der Waals surface area (Å²) in [6, 6.07) is 0. The summed E-state index contributed by atoms with van der Waals surface area (Å²) < 4.78 is 14.2. The molecule has 0 aromatic carbocycles. The zero-order valence-corrected chi connectivity index (χ0v) is 12.9. The summed E-state index contributed by atoms with van der Waals surface area (Å²) in [7, 11) is 0.386. The van der Waals surface area contributed by atoms with Gasteiger partial charge in [-0.05, 0) is 34.4 Å². The smallest absolute Gasteiger partial charge is 0.00986 e. The molecule has 0 aliphatic rings. The molecule has 0 N–H and O–H groups in total. The summed E-state index contributed by atoms with van der Waals surface area (Å²) >= 11 is 0. The molecule has 0 saturated heterocycles. The van der Waals surface area contributed by atoms with Crippen LogP contribution in [-0.4, -0.2) is 27.9 Å². The molecular formula is C11H28NOPS. The minimum atomic E-state index is -2.14. The maximum atomic E-state index is 12.0. The second kappa shape index (κ2) is 6.98. The van der Waals surface area contributed by atoms with Gasteiger partial charge in [-0.3, -0.25) is 4.21 Å². The van der Waals surface area contributed by atoms with Gasteiger partial charge < -0.3 is 0 Å². The second-order valence-corrected chi connectivity index (χ2v) is 10.6. The minimum absolute atomic E-state index is 0.683. The molecule has 0 amide bonds. The summed E-state index contributed by atoms with van der Waals surface area (Å²) in [5, 5.41) is 0. The van der Waals surface area contributed by atoms with E-state index in [-0.39, 0.29) is 0 Å². The molecule has 0 bridgehead atoms. The highest BCUT2D eigenvalue weighted by atomic mass is 32.8. The predicted octanol–water partition coefficient (Wildman–Crippen LogP) is 2.73. The van der Waals surface area contributed by atoms with Crippen molar-refractivity contribution in [2.75, 3.05) is 19.3 Å². The van der Waals surface area contributed by atoms with Gasteiger partial charge in [0.2, 0.25) is 0 Å². The number of rotatable bonds is 7. The Hall–Kier alpha value is 0.540. The molecule has 0 rings (SSSR count). The summed E-state index contributed by atoms with van der Waals surface area (Å²) in [5.41, 5.74) is 0. The standard InChI is InChI=1S/C11H28NOPS/c1-10(2)6-8-12(15(5,13)14)9-7-11(3)4/h10-11,15H,6-9,14H2,1-5H3. The Labute approximate surface area is 98.7 Å². The molecule has 0 saturated carbocycles. The molecule has 2 nitrogen and oxygen atoms in total. The van der Waals surface area contributed by atoms with E-state index in [1.54, 1.807) is 0 Å². The van der Waals surface area contributed by atoms with Gasteiger partial charge >= 0.3 is 0 Å². The average molecular weight is 253 g/mol. The lowest BCUT2D eigenvalue weighted by atomic mass is 10.1. The molecule has 94 valence electrons. The van der Waals surface area contributed by atoms with Gasteiger partial charge in [0, 0.05) is 19.3 Å². The summed E-state index contributed by atoms with van der Waals surface area (Å²) in [5.74, 6) is 1.37. The first-order chi connectivity index (χ1) is 6.73. The summed E-state index contributed by atoms with van der Waals surface area (Å²) in [6.07, 6.45) is 4.10. The fourth-order valence-electron chi connectivity index (χ4n) is 1.32. The third-order valence-electron chi connectivity index (χ3n) is 2.49. The number of thiol groups is 1. The van der Waals surface area contributed by atoms with Crippen molar-refractivity contribution < 1.29 is 4.21 Å². The number of hydrogen-bond acceptors (Lipinski definition) is 1. The molecule has 0 radical (unpaired) electrons. The average Bonchev–Trinajstić information content (AvgIpc) is 2.00. The molecule has 4 heteroatoms. The Morgan fingerprint density at radius 3 is 1.60 bits per heavy atom. The van der Waals surface area contributed by atoms with E-state index in [0.717, 1.165) is 25.9 Å². The Bertz CT molecular complexity index is 201. The maximum absolute atomic E-state index is 12.0. The molecule has 1 atom stereocenters. The van der Waals surface area contributed by atoms with Crippen LogP contribution in [0.4, 0.5) is 0 Å². The number of hydrogen-bond donors (Lipinski definition) is 1. The van der Waals surface area contributed by atoms with Crippen LogP contribution in [0.25, 0.3) is 0 Å². The van der Waals surface area contributed by atoms with E-state index in [4.69, 9.17) is 0 Å². The highest BCUT2D eigenvalue weighted by molar-refractivity contribution is 8.43. The first-order valence-electron chi connectivity index (χ1n) is 5.85. The van der Waals surface area contributed by atoms with E-state index in [9.17, 15) is 4.21 Å². The molecular weight excluding hydrogens is 225 g/mol. The molecule has 0 spiro atoms. The van der Waals surface area contributed by atoms with Crippen LogP contribution >= 0.6 is 8.44 Å². The topological polar surface area (TPSA) is 20.3 Å². The van der Waals surface area contributed by atoms with E-state index >= 15 is 0 Å². The zero-order valence-electron chi connectivity index (χ0n) is 10.9. The van der Waals surface area contributed by atoms with Gasteiger partial charge in [-0.25, -0.2) is 4.31 Å². The fraction of sp³-hybridized carbons (Fsp3) is 1.00. The highest BCUT2D eigenvalue weighted by Gasteiger charge is 2.14. The van der Waals surface area contributed by atoms with Crippen molar-refractivity contribution >= 4 is 18.2 Å². The largest absolute Gasteiger partial charge is 0.268 e. The molecule has 0 aromatic rings. The Morgan fingerprint density at radius 2 is 1.40 bits per heavy atom. The number of nitrogens with zero attached hydrogens (tertiary/aromatic N) is 1. The zero-order chi connectivity index (χ0) is 12.1. The molecule has 15 heavy (non-hydrogen) atoms. The van der Waals surface area contributed by atoms with Gasteiger partial charge in [0.25, 0.3) is 0 Å². The van der Waals surface area contributed by atoms with Gasteiger partial charge in [-0.1, -0.05) is 36.1 Å². The molecule has 0 aliphatic heterocycles. The van der Waals surface area contributed by atoms with Crippen molar-refractivity contribution in [1.29, 1.82) is 0 Å². The van der Waals surface area contributed by atoms with Crippen molar-refractivity contribution in [1.82, 2.24) is 4.31 Å². The van der Waals surface area contributed by atoms with Crippen LogP contribution in [0.1, 0.15) is 40.5 Å². The maximum Gasteiger partial charge on any atom is 0.00986 e. The van der Waals surface area contributed by atoms with Gasteiger partial charge in [-0.15, -0.1) is 0 Å². The van der Waals surface area contributed by atoms with E-state index in [0.29, 0.717) is 11.8 Å². The van der Waals surface area contributed by atoms with Gasteiger partial charge in [0.05, 0.1) is 0 Å². The van der Waals surface area contributed by atoms with Gasteiger partial charge in [-0.2, -0.15) is 0 Å². The lowest BCUT2D eigenvalue weighted by Gasteiger charge is -2.31. The third kappa shape index (κ3) is 8.36. The fourth-order valence-corrected chi connectivity index (χ4v) is 3.04. The van der Waals surface area contributed by atoms with Crippen molar-refractivity contribution in [2.24, 2.45) is 11.8 Å². The van der Waals surface area contributed by atoms with Crippen LogP contribution in [-0.2, 0) is 9.74 Å². The molecule has 0 aromatic heterocycles. The van der Waals surface area contributed by atoms with Crippen LogP contribution in [0.2, 0.25) is 0 Å². The summed E-state index contributed by atoms with van der Waals surface area (Å²) in [4.78, 5) is 0. The van der Waals surface area contributed by atoms with Crippen molar-refractivity contribution in [3.05, 3.63) is 0 Å².